The second-order valence-electron chi connectivity index (χ2n) is 6.01. The van der Waals surface area contributed by atoms with Crippen molar-refractivity contribution in [2.45, 2.75) is 23.5 Å². The Kier molecular flexibility index (Phi) is 5.83. The van der Waals surface area contributed by atoms with E-state index in [2.05, 4.69) is 6.92 Å². The number of ether oxygens (including phenoxy) is 2. The van der Waals surface area contributed by atoms with Crippen molar-refractivity contribution in [3.63, 3.8) is 0 Å². The van der Waals surface area contributed by atoms with Gasteiger partial charge in [-0.15, -0.1) is 11.8 Å². The first-order chi connectivity index (χ1) is 12.6. The lowest BCUT2D eigenvalue weighted by atomic mass is 10.2. The van der Waals surface area contributed by atoms with Crippen molar-refractivity contribution in [1.29, 1.82) is 0 Å². The lowest BCUT2D eigenvalue weighted by Crippen LogP contribution is -2.35. The van der Waals surface area contributed by atoms with Crippen LogP contribution < -0.4 is 9.64 Å². The molecule has 0 aliphatic carbocycles. The maximum atomic E-state index is 12.7. The van der Waals surface area contributed by atoms with Crippen LogP contribution in [-0.2, 0) is 9.53 Å². The average molecular weight is 371 g/mol. The lowest BCUT2D eigenvalue weighted by Gasteiger charge is -2.22. The zero-order chi connectivity index (χ0) is 18.5. The molecule has 3 rings (SSSR count). The van der Waals surface area contributed by atoms with Gasteiger partial charge in [0.05, 0.1) is 12.8 Å². The van der Waals surface area contributed by atoms with Gasteiger partial charge in [-0.25, -0.2) is 4.79 Å². The smallest absolute Gasteiger partial charge is 0.342 e. The molecule has 0 radical (unpaired) electrons. The Balaban J connectivity index is 1.71. The van der Waals surface area contributed by atoms with Gasteiger partial charge in [0, 0.05) is 16.7 Å². The monoisotopic (exact) mass is 371 g/mol. The molecule has 1 amide bonds. The van der Waals surface area contributed by atoms with Crippen LogP contribution in [0.2, 0.25) is 0 Å². The second kappa shape index (κ2) is 8.27. The molecular formula is C20H21NO4S. The van der Waals surface area contributed by atoms with Gasteiger partial charge < -0.3 is 14.4 Å². The summed E-state index contributed by atoms with van der Waals surface area (Å²) in [7, 11) is 1.49. The molecule has 0 saturated heterocycles. The maximum Gasteiger partial charge on any atom is 0.342 e. The number of nitrogens with zero attached hydrogens (tertiary/aromatic N) is 1. The quantitative estimate of drug-likeness (QED) is 0.766. The van der Waals surface area contributed by atoms with E-state index >= 15 is 0 Å². The van der Waals surface area contributed by atoms with E-state index < -0.39 is 5.97 Å². The molecule has 0 N–H and O–H groups in total. The maximum absolute atomic E-state index is 12.7. The van der Waals surface area contributed by atoms with Crippen LogP contribution in [0, 0.1) is 0 Å². The lowest BCUT2D eigenvalue weighted by molar-refractivity contribution is -0.121. The number of para-hydroxylation sites is 2. The van der Waals surface area contributed by atoms with Gasteiger partial charge in [-0.05, 0) is 30.7 Å². The van der Waals surface area contributed by atoms with Gasteiger partial charge in [0.1, 0.15) is 11.3 Å². The van der Waals surface area contributed by atoms with Gasteiger partial charge in [-0.3, -0.25) is 4.79 Å². The Morgan fingerprint density at radius 3 is 2.69 bits per heavy atom. The Labute approximate surface area is 157 Å². The summed E-state index contributed by atoms with van der Waals surface area (Å²) in [4.78, 5) is 27.8. The van der Waals surface area contributed by atoms with Crippen molar-refractivity contribution in [1.82, 2.24) is 0 Å². The number of hydrogen-bond donors (Lipinski definition) is 0. The topological polar surface area (TPSA) is 55.8 Å². The molecule has 2 aromatic carbocycles. The van der Waals surface area contributed by atoms with Crippen molar-refractivity contribution < 1.29 is 19.1 Å². The number of benzene rings is 2. The van der Waals surface area contributed by atoms with Crippen LogP contribution in [0.3, 0.4) is 0 Å². The Morgan fingerprint density at radius 1 is 1.15 bits per heavy atom. The SMILES string of the molecule is COc1ccccc1C(=O)OCC(=O)N1CC[C@@H](C)Sc2ccccc21. The van der Waals surface area contributed by atoms with Crippen LogP contribution in [-0.4, -0.2) is 37.4 Å². The molecule has 0 fully saturated rings. The number of thioether (sulfide) groups is 1. The summed E-state index contributed by atoms with van der Waals surface area (Å²) in [6, 6.07) is 14.6. The van der Waals surface area contributed by atoms with E-state index in [1.54, 1.807) is 40.9 Å². The van der Waals surface area contributed by atoms with E-state index in [1.807, 2.05) is 24.3 Å². The molecule has 1 heterocycles. The summed E-state index contributed by atoms with van der Waals surface area (Å²) in [5, 5.41) is 0.421. The average Bonchev–Trinajstić information content (AvgIpc) is 2.84. The minimum Gasteiger partial charge on any atom is -0.496 e. The number of carbonyl (C=O) groups is 2. The van der Waals surface area contributed by atoms with Gasteiger partial charge in [-0.1, -0.05) is 31.2 Å². The minimum absolute atomic E-state index is 0.226. The number of hydrogen-bond acceptors (Lipinski definition) is 5. The molecule has 136 valence electrons. The van der Waals surface area contributed by atoms with E-state index in [0.717, 1.165) is 17.0 Å². The number of methoxy groups -OCH3 is 1. The molecule has 1 aliphatic heterocycles. The molecule has 26 heavy (non-hydrogen) atoms. The van der Waals surface area contributed by atoms with Crippen LogP contribution >= 0.6 is 11.8 Å². The fourth-order valence-electron chi connectivity index (χ4n) is 2.84. The molecule has 6 heteroatoms. The molecule has 0 aromatic heterocycles. The third kappa shape index (κ3) is 4.02. The Morgan fingerprint density at radius 2 is 1.88 bits per heavy atom. The summed E-state index contributed by atoms with van der Waals surface area (Å²) in [6.45, 7) is 2.46. The zero-order valence-electron chi connectivity index (χ0n) is 14.8. The van der Waals surface area contributed by atoms with Crippen LogP contribution in [0.4, 0.5) is 5.69 Å². The van der Waals surface area contributed by atoms with Crippen molar-refractivity contribution in [3.8, 4) is 5.75 Å². The number of anilines is 1. The molecule has 2 aromatic rings. The van der Waals surface area contributed by atoms with E-state index in [1.165, 1.54) is 7.11 Å². The predicted octanol–water partition coefficient (Wildman–Crippen LogP) is 3.77. The van der Waals surface area contributed by atoms with E-state index in [9.17, 15) is 9.59 Å². The predicted molar refractivity (Wildman–Crippen MR) is 102 cm³/mol. The largest absolute Gasteiger partial charge is 0.496 e. The number of esters is 1. The standard InChI is InChI=1S/C20H21NO4S/c1-14-11-12-21(16-8-4-6-10-18(16)26-14)19(22)13-25-20(23)15-7-3-5-9-17(15)24-2/h3-10,14H,11-13H2,1-2H3/t14-/m1/s1. The van der Waals surface area contributed by atoms with Gasteiger partial charge in [0.2, 0.25) is 0 Å². The van der Waals surface area contributed by atoms with Gasteiger partial charge in [0.15, 0.2) is 6.61 Å². The van der Waals surface area contributed by atoms with Crippen LogP contribution in [0.15, 0.2) is 53.4 Å². The highest BCUT2D eigenvalue weighted by atomic mass is 32.2. The van der Waals surface area contributed by atoms with E-state index in [-0.39, 0.29) is 12.5 Å². The molecular weight excluding hydrogens is 350 g/mol. The summed E-state index contributed by atoms with van der Waals surface area (Å²) < 4.78 is 10.4. The van der Waals surface area contributed by atoms with Crippen LogP contribution in [0.1, 0.15) is 23.7 Å². The van der Waals surface area contributed by atoms with Crippen LogP contribution in [0.25, 0.3) is 0 Å². The molecule has 0 bridgehead atoms. The van der Waals surface area contributed by atoms with Crippen LogP contribution in [0.5, 0.6) is 5.75 Å². The fourth-order valence-corrected chi connectivity index (χ4v) is 3.95. The van der Waals surface area contributed by atoms with E-state index in [4.69, 9.17) is 9.47 Å². The highest BCUT2D eigenvalue weighted by Gasteiger charge is 2.25. The third-order valence-corrected chi connectivity index (χ3v) is 5.44. The van der Waals surface area contributed by atoms with E-state index in [0.29, 0.717) is 23.1 Å². The van der Waals surface area contributed by atoms with Gasteiger partial charge >= 0.3 is 5.97 Å². The number of rotatable bonds is 4. The summed E-state index contributed by atoms with van der Waals surface area (Å²) in [6.07, 6.45) is 0.880. The van der Waals surface area contributed by atoms with Gasteiger partial charge in [0.25, 0.3) is 5.91 Å². The van der Waals surface area contributed by atoms with Crippen molar-refractivity contribution >= 4 is 29.3 Å². The van der Waals surface area contributed by atoms with Crippen molar-refractivity contribution in [2.24, 2.45) is 0 Å². The molecule has 0 saturated carbocycles. The molecule has 0 unspecified atom stereocenters. The third-order valence-electron chi connectivity index (χ3n) is 4.20. The number of amides is 1. The Hall–Kier alpha value is -2.47. The first-order valence-corrected chi connectivity index (χ1v) is 9.34. The number of fused-ring (bicyclic) bond motifs is 1. The summed E-state index contributed by atoms with van der Waals surface area (Å²) >= 11 is 1.76. The summed E-state index contributed by atoms with van der Waals surface area (Å²) in [5.41, 5.74) is 1.18. The number of carbonyl (C=O) groups excluding carboxylic acids is 2. The Bertz CT molecular complexity index is 808. The second-order valence-corrected chi connectivity index (χ2v) is 7.49. The zero-order valence-corrected chi connectivity index (χ0v) is 15.6. The van der Waals surface area contributed by atoms with Crippen molar-refractivity contribution in [2.75, 3.05) is 25.2 Å². The van der Waals surface area contributed by atoms with Gasteiger partial charge in [-0.2, -0.15) is 0 Å². The molecule has 5 nitrogen and oxygen atoms in total. The highest BCUT2D eigenvalue weighted by Crippen LogP contribution is 2.37. The van der Waals surface area contributed by atoms with Crippen molar-refractivity contribution in [3.05, 3.63) is 54.1 Å². The first kappa shape index (κ1) is 18.3. The minimum atomic E-state index is -0.568. The fraction of sp³-hybridized carbons (Fsp3) is 0.300. The highest BCUT2D eigenvalue weighted by molar-refractivity contribution is 8.00. The molecule has 1 aliphatic rings. The summed E-state index contributed by atoms with van der Waals surface area (Å²) in [5.74, 6) is -0.368. The molecule has 1 atom stereocenters. The normalized spacial score (nSPS) is 16.4. The molecule has 0 spiro atoms. The first-order valence-electron chi connectivity index (χ1n) is 8.46.